The Morgan fingerprint density at radius 3 is 1.67 bits per heavy atom. The second-order valence-corrected chi connectivity index (χ2v) is 16.8. The number of hydrogen-bond acceptors (Lipinski definition) is 4. The summed E-state index contributed by atoms with van der Waals surface area (Å²) < 4.78 is 42.1. The van der Waals surface area contributed by atoms with Crippen LogP contribution < -0.4 is 0 Å². The molecule has 1 N–H and O–H groups in total. The molecule has 1 atom stereocenters. The van der Waals surface area contributed by atoms with Crippen LogP contribution in [0.1, 0.15) is 129 Å². The van der Waals surface area contributed by atoms with Crippen LogP contribution >= 0.6 is 0 Å². The first-order chi connectivity index (χ1) is 29.2. The van der Waals surface area contributed by atoms with Crippen molar-refractivity contribution < 1.29 is 41.5 Å². The maximum atomic E-state index is 12.9. The van der Waals surface area contributed by atoms with E-state index in [4.69, 9.17) is 2.74 Å². The minimum atomic E-state index is -2.83. The van der Waals surface area contributed by atoms with Crippen molar-refractivity contribution in [1.29, 1.82) is 0 Å². The van der Waals surface area contributed by atoms with Crippen molar-refractivity contribution in [1.82, 2.24) is 9.97 Å². The summed E-state index contributed by atoms with van der Waals surface area (Å²) in [7, 11) is 0. The quantitative estimate of drug-likeness (QED) is 0.0754. The molecule has 0 fully saturated rings. The number of aliphatic hydroxyl groups is 1. The Labute approximate surface area is 380 Å². The molecule has 0 saturated heterocycles. The largest absolute Gasteiger partial charge is 0.512 e. The number of hydrogen-bond donors (Lipinski definition) is 1. The van der Waals surface area contributed by atoms with Gasteiger partial charge in [-0.25, -0.2) is 8.78 Å². The number of aryl methyl sites for hydroxylation is 4. The minimum Gasteiger partial charge on any atom is -0.512 e. The Morgan fingerprint density at radius 1 is 0.738 bits per heavy atom. The molecule has 1 unspecified atom stereocenters. The van der Waals surface area contributed by atoms with E-state index in [0.29, 0.717) is 31.1 Å². The summed E-state index contributed by atoms with van der Waals surface area (Å²) in [4.78, 5) is 20.8. The predicted molar refractivity (Wildman–Crippen MR) is 248 cm³/mol. The molecule has 4 nitrogen and oxygen atoms in total. The van der Waals surface area contributed by atoms with Gasteiger partial charge in [0.25, 0.3) is 0 Å². The molecular formula is C54H64F2IrN2O2-2. The molecule has 0 aliphatic rings. The van der Waals surface area contributed by atoms with Crippen molar-refractivity contribution in [2.24, 2.45) is 11.8 Å². The van der Waals surface area contributed by atoms with Gasteiger partial charge in [-0.1, -0.05) is 113 Å². The Morgan fingerprint density at radius 2 is 1.21 bits per heavy atom. The number of alkyl halides is 2. The molecular weight excluding hydrogens is 939 g/mol. The second kappa shape index (κ2) is 23.0. The maximum absolute atomic E-state index is 12.9. The number of carbonyl (C=O) groups is 1. The van der Waals surface area contributed by atoms with Gasteiger partial charge in [0.2, 0.25) is 5.92 Å². The molecule has 2 aromatic heterocycles. The van der Waals surface area contributed by atoms with Crippen molar-refractivity contribution in [3.8, 4) is 22.5 Å². The Kier molecular flexibility index (Phi) is 17.9. The van der Waals surface area contributed by atoms with E-state index in [9.17, 15) is 18.7 Å². The Bertz CT molecular complexity index is 2480. The predicted octanol–water partition coefficient (Wildman–Crippen LogP) is 15.4. The van der Waals surface area contributed by atoms with Gasteiger partial charge in [-0.3, -0.25) is 4.79 Å². The number of aliphatic hydroxyl groups excluding tert-OH is 1. The zero-order chi connectivity index (χ0) is 46.1. The molecule has 6 rings (SSSR count). The molecule has 6 aromatic rings. The van der Waals surface area contributed by atoms with Crippen LogP contribution in [0.25, 0.3) is 44.1 Å². The van der Waals surface area contributed by atoms with E-state index in [2.05, 4.69) is 112 Å². The third-order valence-corrected chi connectivity index (χ3v) is 10.8. The Balaban J connectivity index is 0.000000252. The number of fused-ring (bicyclic) bond motifs is 2. The van der Waals surface area contributed by atoms with Crippen molar-refractivity contribution in [3.63, 3.8) is 0 Å². The number of allylic oxidation sites excluding steroid dienone is 2. The van der Waals surface area contributed by atoms with Crippen LogP contribution in [0, 0.1) is 51.7 Å². The van der Waals surface area contributed by atoms with E-state index in [1.807, 2.05) is 52.1 Å². The molecule has 7 heteroatoms. The maximum Gasteiger partial charge on any atom is 0.246 e. The molecule has 0 amide bonds. The smallest absolute Gasteiger partial charge is 0.246 e. The number of halogens is 2. The van der Waals surface area contributed by atoms with Crippen molar-refractivity contribution in [2.45, 2.75) is 127 Å². The van der Waals surface area contributed by atoms with Gasteiger partial charge in [0.15, 0.2) is 5.78 Å². The SMILES string of the molecule is CCC(CC)C(=O)/C=C(\O)C(CC)CC(C)(F)F.Cc1[c-]c(-c2nccc3cc(C(C)C)ccc23)cc(C)c1.[2H]c1nc(-c2[c-]c(C)cc(C)c2)c2ccc(C(C)C)cc2c1[2H].[Ir]. The topological polar surface area (TPSA) is 63.1 Å². The summed E-state index contributed by atoms with van der Waals surface area (Å²) in [5.41, 5.74) is 10.9. The van der Waals surface area contributed by atoms with E-state index >= 15 is 0 Å². The van der Waals surface area contributed by atoms with Gasteiger partial charge in [-0.15, -0.1) is 69.8 Å². The fraction of sp³-hybridized carbons (Fsp3) is 0.389. The van der Waals surface area contributed by atoms with Gasteiger partial charge in [0.1, 0.15) is 0 Å². The van der Waals surface area contributed by atoms with Crippen molar-refractivity contribution in [3.05, 3.63) is 142 Å². The number of carbonyl (C=O) groups excluding carboxylic acids is 1. The van der Waals surface area contributed by atoms with Gasteiger partial charge in [0, 0.05) is 56.8 Å². The number of aromatic nitrogens is 2. The molecule has 0 spiro atoms. The van der Waals surface area contributed by atoms with Crippen LogP contribution in [0.4, 0.5) is 8.78 Å². The summed E-state index contributed by atoms with van der Waals surface area (Å²) in [6, 6.07) is 30.3. The fourth-order valence-electron chi connectivity index (χ4n) is 7.42. The molecule has 0 bridgehead atoms. The first-order valence-electron chi connectivity index (χ1n) is 22.3. The van der Waals surface area contributed by atoms with E-state index in [-0.39, 0.29) is 49.8 Å². The van der Waals surface area contributed by atoms with Gasteiger partial charge < -0.3 is 15.1 Å². The monoisotopic (exact) mass is 1010 g/mol. The molecule has 0 aliphatic carbocycles. The van der Waals surface area contributed by atoms with E-state index in [0.717, 1.165) is 63.0 Å². The van der Waals surface area contributed by atoms with E-state index in [1.54, 1.807) is 6.92 Å². The fourth-order valence-corrected chi connectivity index (χ4v) is 7.42. The van der Waals surface area contributed by atoms with Crippen LogP contribution in [0.15, 0.2) is 97.0 Å². The minimum absolute atomic E-state index is 0. The molecule has 1 radical (unpaired) electrons. The number of benzene rings is 4. The third kappa shape index (κ3) is 14.5. The zero-order valence-corrected chi connectivity index (χ0v) is 40.4. The summed E-state index contributed by atoms with van der Waals surface area (Å²) in [5.74, 6) is -3.07. The number of nitrogens with zero attached hydrogens (tertiary/aromatic N) is 2. The Hall–Kier alpha value is -4.58. The standard InChI is InChI=1S/2C20H20N.C14H24F2O2.Ir/c2*1-13(2)16-5-6-19-17(12-16)7-8-21-20(19)18-10-14(3)9-15(4)11-18;1-5-10(6-2)12(17)8-13(18)11(7-3)9-14(4,15)16;/h2*5-10,12-13H,1-4H3;8,10-11,18H,5-7,9H2,1-4H3;/q2*-1;;/b;;13-8-;/i7D,8D;;;. The molecule has 0 aliphatic heterocycles. The molecule has 0 saturated carbocycles. The summed E-state index contributed by atoms with van der Waals surface area (Å²) >= 11 is 0. The van der Waals surface area contributed by atoms with E-state index < -0.39 is 18.3 Å². The number of pyridine rings is 2. The van der Waals surface area contributed by atoms with Crippen LogP contribution in [-0.2, 0) is 24.9 Å². The van der Waals surface area contributed by atoms with Crippen molar-refractivity contribution in [2.75, 3.05) is 0 Å². The van der Waals surface area contributed by atoms with Crippen LogP contribution in [-0.4, -0.2) is 26.8 Å². The van der Waals surface area contributed by atoms with Crippen LogP contribution in [0.5, 0.6) is 0 Å². The molecule has 327 valence electrons. The summed E-state index contributed by atoms with van der Waals surface area (Å²) in [6.45, 7) is 23.3. The average molecular weight is 1010 g/mol. The van der Waals surface area contributed by atoms with Crippen LogP contribution in [0.3, 0.4) is 0 Å². The third-order valence-electron chi connectivity index (χ3n) is 10.8. The van der Waals surface area contributed by atoms with Gasteiger partial charge in [-0.2, -0.15) is 0 Å². The van der Waals surface area contributed by atoms with Gasteiger partial charge in [0.05, 0.1) is 8.50 Å². The molecule has 2 heterocycles. The van der Waals surface area contributed by atoms with Gasteiger partial charge in [-0.05, 0) is 94.2 Å². The van der Waals surface area contributed by atoms with Crippen LogP contribution in [0.2, 0.25) is 0 Å². The summed E-state index contributed by atoms with van der Waals surface area (Å²) in [5, 5.41) is 13.9. The first-order valence-corrected chi connectivity index (χ1v) is 21.3. The van der Waals surface area contributed by atoms with Crippen molar-refractivity contribution >= 4 is 27.3 Å². The average Bonchev–Trinajstić information content (AvgIpc) is 3.20. The van der Waals surface area contributed by atoms with E-state index in [1.165, 1.54) is 27.5 Å². The summed E-state index contributed by atoms with van der Waals surface area (Å²) in [6.07, 6.45) is 4.40. The number of rotatable bonds is 12. The van der Waals surface area contributed by atoms with Gasteiger partial charge >= 0.3 is 0 Å². The molecule has 4 aromatic carbocycles. The normalized spacial score (nSPS) is 12.6. The second-order valence-electron chi connectivity index (χ2n) is 16.8. The first kappa shape index (κ1) is 47.5. The zero-order valence-electron chi connectivity index (χ0n) is 40.0. The number of ketones is 1. The molecule has 61 heavy (non-hydrogen) atoms.